The van der Waals surface area contributed by atoms with E-state index in [0.29, 0.717) is 36.8 Å². The van der Waals surface area contributed by atoms with Gasteiger partial charge in [0, 0.05) is 43.2 Å². The normalized spacial score (nSPS) is 17.3. The van der Waals surface area contributed by atoms with Crippen LogP contribution in [-0.2, 0) is 4.79 Å². The third-order valence-corrected chi connectivity index (χ3v) is 4.73. The van der Waals surface area contributed by atoms with Gasteiger partial charge >= 0.3 is 0 Å². The van der Waals surface area contributed by atoms with Gasteiger partial charge < -0.3 is 24.3 Å². The molecule has 3 rings (SSSR count). The summed E-state index contributed by atoms with van der Waals surface area (Å²) in [5.74, 6) is 1.09. The number of aromatic nitrogens is 1. The highest BCUT2D eigenvalue weighted by molar-refractivity contribution is 6.00. The Morgan fingerprint density at radius 2 is 2.00 bits per heavy atom. The lowest BCUT2D eigenvalue weighted by atomic mass is 10.1. The van der Waals surface area contributed by atoms with Crippen LogP contribution in [0.25, 0.3) is 10.9 Å². The monoisotopic (exact) mass is 357 g/mol. The minimum absolute atomic E-state index is 0.0806. The van der Waals surface area contributed by atoms with E-state index >= 15 is 0 Å². The van der Waals surface area contributed by atoms with E-state index in [-0.39, 0.29) is 17.9 Å². The van der Waals surface area contributed by atoms with E-state index in [9.17, 15) is 9.59 Å². The third-order valence-electron chi connectivity index (χ3n) is 4.73. The van der Waals surface area contributed by atoms with Crippen molar-refractivity contribution in [2.75, 3.05) is 33.9 Å². The number of ether oxygens (including phenoxy) is 2. The van der Waals surface area contributed by atoms with E-state index in [2.05, 4.69) is 11.6 Å². The lowest BCUT2D eigenvalue weighted by Crippen LogP contribution is -2.55. The number of nitrogens with zero attached hydrogens (tertiary/aromatic N) is 2. The van der Waals surface area contributed by atoms with Gasteiger partial charge in [0.15, 0.2) is 0 Å². The number of H-pyrrole nitrogens is 1. The molecular weight excluding hydrogens is 334 g/mol. The Kier molecular flexibility index (Phi) is 4.88. The first-order chi connectivity index (χ1) is 12.5. The van der Waals surface area contributed by atoms with E-state index in [1.165, 1.54) is 6.08 Å². The number of hydrogen-bond donors (Lipinski definition) is 1. The number of amides is 2. The molecule has 7 heteroatoms. The SMILES string of the molecule is C=CC(=O)N1CCN(C(=O)c2cc3c(OC)cc(OC)cc3[nH]2)[C@@H](C)C1. The first kappa shape index (κ1) is 17.8. The largest absolute Gasteiger partial charge is 0.497 e. The maximum Gasteiger partial charge on any atom is 0.270 e. The van der Waals surface area contributed by atoms with Crippen LogP contribution in [0.4, 0.5) is 0 Å². The Bertz CT molecular complexity index is 858. The van der Waals surface area contributed by atoms with Gasteiger partial charge in [-0.3, -0.25) is 9.59 Å². The molecule has 1 atom stereocenters. The number of rotatable bonds is 4. The second-order valence-electron chi connectivity index (χ2n) is 6.31. The lowest BCUT2D eigenvalue weighted by Gasteiger charge is -2.39. The topological polar surface area (TPSA) is 74.9 Å². The molecule has 0 saturated carbocycles. The predicted octanol–water partition coefficient (Wildman–Crippen LogP) is 2.04. The third kappa shape index (κ3) is 3.12. The fourth-order valence-electron chi connectivity index (χ4n) is 3.32. The fourth-order valence-corrected chi connectivity index (χ4v) is 3.32. The number of methoxy groups -OCH3 is 2. The van der Waals surface area contributed by atoms with Gasteiger partial charge in [0.25, 0.3) is 5.91 Å². The summed E-state index contributed by atoms with van der Waals surface area (Å²) >= 11 is 0. The molecular formula is C19H23N3O4. The van der Waals surface area contributed by atoms with Crippen molar-refractivity contribution in [1.29, 1.82) is 0 Å². The van der Waals surface area contributed by atoms with Crippen molar-refractivity contribution in [3.05, 3.63) is 36.5 Å². The van der Waals surface area contributed by atoms with Crippen molar-refractivity contribution >= 4 is 22.7 Å². The standard InChI is InChI=1S/C19H23N3O4/c1-5-18(23)21-6-7-22(12(2)11-21)19(24)16-10-14-15(20-16)8-13(25-3)9-17(14)26-4/h5,8-10,12,20H,1,6-7,11H2,2-4H3/t12-/m0/s1. The van der Waals surface area contributed by atoms with Crippen molar-refractivity contribution in [3.8, 4) is 11.5 Å². The molecule has 1 aliphatic heterocycles. The van der Waals surface area contributed by atoms with Crippen molar-refractivity contribution in [3.63, 3.8) is 0 Å². The summed E-state index contributed by atoms with van der Waals surface area (Å²) in [4.78, 5) is 31.4. The Morgan fingerprint density at radius 1 is 1.23 bits per heavy atom. The summed E-state index contributed by atoms with van der Waals surface area (Å²) in [6.45, 7) is 6.93. The van der Waals surface area contributed by atoms with Crippen LogP contribution in [0, 0.1) is 0 Å². The Morgan fingerprint density at radius 3 is 2.62 bits per heavy atom. The van der Waals surface area contributed by atoms with E-state index in [1.807, 2.05) is 13.0 Å². The predicted molar refractivity (Wildman–Crippen MR) is 98.7 cm³/mol. The van der Waals surface area contributed by atoms with Gasteiger partial charge in [0.05, 0.1) is 19.7 Å². The van der Waals surface area contributed by atoms with E-state index < -0.39 is 0 Å². The van der Waals surface area contributed by atoms with Gasteiger partial charge in [-0.1, -0.05) is 6.58 Å². The number of fused-ring (bicyclic) bond motifs is 1. The fraction of sp³-hybridized carbons (Fsp3) is 0.368. The molecule has 1 aromatic heterocycles. The zero-order chi connectivity index (χ0) is 18.8. The Labute approximate surface area is 152 Å². The zero-order valence-corrected chi connectivity index (χ0v) is 15.2. The van der Waals surface area contributed by atoms with Crippen molar-refractivity contribution in [1.82, 2.24) is 14.8 Å². The van der Waals surface area contributed by atoms with Crippen LogP contribution in [0.3, 0.4) is 0 Å². The van der Waals surface area contributed by atoms with Gasteiger partial charge in [0.2, 0.25) is 5.91 Å². The van der Waals surface area contributed by atoms with E-state index in [4.69, 9.17) is 9.47 Å². The summed E-state index contributed by atoms with van der Waals surface area (Å²) < 4.78 is 10.7. The minimum Gasteiger partial charge on any atom is -0.497 e. The molecule has 138 valence electrons. The molecule has 0 bridgehead atoms. The van der Waals surface area contributed by atoms with Gasteiger partial charge in [-0.15, -0.1) is 0 Å². The van der Waals surface area contributed by atoms with Crippen LogP contribution in [0.2, 0.25) is 0 Å². The molecule has 2 heterocycles. The molecule has 2 aromatic rings. The number of carbonyl (C=O) groups is 2. The van der Waals surface area contributed by atoms with Crippen LogP contribution >= 0.6 is 0 Å². The molecule has 1 aliphatic rings. The summed E-state index contributed by atoms with van der Waals surface area (Å²) in [7, 11) is 3.17. The number of piperazine rings is 1. The quantitative estimate of drug-likeness (QED) is 0.850. The highest BCUT2D eigenvalue weighted by Crippen LogP contribution is 2.32. The average molecular weight is 357 g/mol. The number of benzene rings is 1. The molecule has 0 spiro atoms. The minimum atomic E-state index is -0.105. The number of carbonyl (C=O) groups excluding carboxylic acids is 2. The van der Waals surface area contributed by atoms with Crippen LogP contribution in [0.5, 0.6) is 11.5 Å². The average Bonchev–Trinajstić information content (AvgIpc) is 3.09. The molecule has 0 aliphatic carbocycles. The van der Waals surface area contributed by atoms with E-state index in [0.717, 1.165) is 10.9 Å². The van der Waals surface area contributed by atoms with Gasteiger partial charge in [0.1, 0.15) is 17.2 Å². The van der Waals surface area contributed by atoms with Gasteiger partial charge in [-0.05, 0) is 19.1 Å². The highest BCUT2D eigenvalue weighted by atomic mass is 16.5. The Balaban J connectivity index is 1.86. The van der Waals surface area contributed by atoms with Crippen LogP contribution in [0.1, 0.15) is 17.4 Å². The number of aromatic amines is 1. The van der Waals surface area contributed by atoms with Crippen LogP contribution < -0.4 is 9.47 Å². The number of hydrogen-bond acceptors (Lipinski definition) is 4. The maximum absolute atomic E-state index is 13.0. The summed E-state index contributed by atoms with van der Waals surface area (Å²) in [5, 5.41) is 0.824. The molecule has 2 amide bonds. The molecule has 1 saturated heterocycles. The zero-order valence-electron chi connectivity index (χ0n) is 15.2. The molecule has 1 N–H and O–H groups in total. The van der Waals surface area contributed by atoms with Gasteiger partial charge in [-0.2, -0.15) is 0 Å². The highest BCUT2D eigenvalue weighted by Gasteiger charge is 2.30. The molecule has 0 radical (unpaired) electrons. The number of nitrogens with one attached hydrogen (secondary N) is 1. The van der Waals surface area contributed by atoms with Gasteiger partial charge in [-0.25, -0.2) is 0 Å². The van der Waals surface area contributed by atoms with Crippen molar-refractivity contribution in [2.24, 2.45) is 0 Å². The first-order valence-corrected chi connectivity index (χ1v) is 8.45. The second kappa shape index (κ2) is 7.11. The molecule has 26 heavy (non-hydrogen) atoms. The van der Waals surface area contributed by atoms with Crippen LogP contribution in [0.15, 0.2) is 30.9 Å². The lowest BCUT2D eigenvalue weighted by molar-refractivity contribution is -0.128. The van der Waals surface area contributed by atoms with Crippen molar-refractivity contribution in [2.45, 2.75) is 13.0 Å². The van der Waals surface area contributed by atoms with E-state index in [1.54, 1.807) is 36.2 Å². The summed E-state index contributed by atoms with van der Waals surface area (Å²) in [6, 6.07) is 5.33. The smallest absolute Gasteiger partial charge is 0.270 e. The van der Waals surface area contributed by atoms with Crippen LogP contribution in [-0.4, -0.2) is 66.5 Å². The summed E-state index contributed by atoms with van der Waals surface area (Å²) in [5.41, 5.74) is 1.26. The molecule has 1 fully saturated rings. The Hall–Kier alpha value is -2.96. The summed E-state index contributed by atoms with van der Waals surface area (Å²) in [6.07, 6.45) is 1.31. The molecule has 7 nitrogen and oxygen atoms in total. The molecule has 1 aromatic carbocycles. The van der Waals surface area contributed by atoms with Crippen molar-refractivity contribution < 1.29 is 19.1 Å². The second-order valence-corrected chi connectivity index (χ2v) is 6.31. The molecule has 0 unspecified atom stereocenters. The first-order valence-electron chi connectivity index (χ1n) is 8.45. The maximum atomic E-state index is 13.0.